The molecule has 1 aliphatic rings. The smallest absolute Gasteiger partial charge is 0.264 e. The second-order valence-corrected chi connectivity index (χ2v) is 5.52. The van der Waals surface area contributed by atoms with Crippen LogP contribution in [0.1, 0.15) is 43.8 Å². The molecular formula is C15H19N3O2. The van der Waals surface area contributed by atoms with Crippen molar-refractivity contribution in [3.63, 3.8) is 0 Å². The van der Waals surface area contributed by atoms with Crippen LogP contribution in [0.25, 0.3) is 0 Å². The number of anilines is 1. The van der Waals surface area contributed by atoms with Crippen molar-refractivity contribution >= 4 is 5.69 Å². The van der Waals surface area contributed by atoms with E-state index in [1.54, 1.807) is 12.1 Å². The number of ether oxygens (including phenoxy) is 1. The molecule has 0 aliphatic heterocycles. The zero-order valence-electron chi connectivity index (χ0n) is 11.6. The standard InChI is InChI=1S/C15H19N3O2/c1-10-2-3-11(8-10)15-17-14(20-18-15)9-19-13-6-4-12(16)5-7-13/h4-7,10-11H,2-3,8-9,16H2,1H3. The molecule has 1 aliphatic carbocycles. The van der Waals surface area contributed by atoms with Crippen LogP contribution in [0, 0.1) is 5.92 Å². The molecule has 1 heterocycles. The van der Waals surface area contributed by atoms with Gasteiger partial charge in [-0.3, -0.25) is 0 Å². The van der Waals surface area contributed by atoms with Crippen LogP contribution >= 0.6 is 0 Å². The third kappa shape index (κ3) is 2.92. The summed E-state index contributed by atoms with van der Waals surface area (Å²) in [7, 11) is 0. The minimum absolute atomic E-state index is 0.291. The fourth-order valence-electron chi connectivity index (χ4n) is 2.64. The van der Waals surface area contributed by atoms with Gasteiger partial charge in [-0.2, -0.15) is 4.98 Å². The van der Waals surface area contributed by atoms with Crippen LogP contribution < -0.4 is 10.5 Å². The normalized spacial score (nSPS) is 22.1. The van der Waals surface area contributed by atoms with Crippen LogP contribution in [0.5, 0.6) is 5.75 Å². The summed E-state index contributed by atoms with van der Waals surface area (Å²) in [5, 5.41) is 4.07. The van der Waals surface area contributed by atoms with Gasteiger partial charge < -0.3 is 15.0 Å². The molecular weight excluding hydrogens is 254 g/mol. The zero-order valence-corrected chi connectivity index (χ0v) is 11.6. The lowest BCUT2D eigenvalue weighted by Gasteiger charge is -2.03. The quantitative estimate of drug-likeness (QED) is 0.866. The average molecular weight is 273 g/mol. The molecule has 0 saturated heterocycles. The molecule has 1 fully saturated rings. The van der Waals surface area contributed by atoms with E-state index in [-0.39, 0.29) is 0 Å². The molecule has 0 bridgehead atoms. The van der Waals surface area contributed by atoms with Crippen molar-refractivity contribution < 1.29 is 9.26 Å². The SMILES string of the molecule is CC1CCC(c2noc(COc3ccc(N)cc3)n2)C1. The Morgan fingerprint density at radius 1 is 1.30 bits per heavy atom. The summed E-state index contributed by atoms with van der Waals surface area (Å²) in [5.74, 6) is 3.29. The maximum atomic E-state index is 5.62. The highest BCUT2D eigenvalue weighted by Gasteiger charge is 2.26. The molecule has 2 N–H and O–H groups in total. The van der Waals surface area contributed by atoms with E-state index >= 15 is 0 Å². The molecule has 2 atom stereocenters. The summed E-state index contributed by atoms with van der Waals surface area (Å²) in [6.07, 6.45) is 3.55. The predicted molar refractivity (Wildman–Crippen MR) is 75.2 cm³/mol. The van der Waals surface area contributed by atoms with Gasteiger partial charge in [0, 0.05) is 11.6 Å². The van der Waals surface area contributed by atoms with Gasteiger partial charge in [-0.25, -0.2) is 0 Å². The van der Waals surface area contributed by atoms with Crippen molar-refractivity contribution in [1.29, 1.82) is 0 Å². The van der Waals surface area contributed by atoms with Gasteiger partial charge in [0.2, 0.25) is 0 Å². The van der Waals surface area contributed by atoms with Crippen LogP contribution in [0.2, 0.25) is 0 Å². The van der Waals surface area contributed by atoms with Gasteiger partial charge in [0.1, 0.15) is 5.75 Å². The van der Waals surface area contributed by atoms with Crippen LogP contribution in [0.15, 0.2) is 28.8 Å². The third-order valence-electron chi connectivity index (χ3n) is 3.79. The van der Waals surface area contributed by atoms with Crippen molar-refractivity contribution in [3.8, 4) is 5.75 Å². The van der Waals surface area contributed by atoms with Crippen molar-refractivity contribution in [2.24, 2.45) is 5.92 Å². The van der Waals surface area contributed by atoms with Gasteiger partial charge in [-0.1, -0.05) is 12.1 Å². The fraction of sp³-hybridized carbons (Fsp3) is 0.467. The monoisotopic (exact) mass is 273 g/mol. The largest absolute Gasteiger partial charge is 0.484 e. The second kappa shape index (κ2) is 5.53. The number of hydrogen-bond donors (Lipinski definition) is 1. The molecule has 1 saturated carbocycles. The maximum absolute atomic E-state index is 5.62. The Bertz CT molecular complexity index is 565. The first-order valence-electron chi connectivity index (χ1n) is 7.01. The minimum atomic E-state index is 0.291. The maximum Gasteiger partial charge on any atom is 0.264 e. The minimum Gasteiger partial charge on any atom is -0.484 e. The summed E-state index contributed by atoms with van der Waals surface area (Å²) in [6, 6.07) is 7.25. The van der Waals surface area contributed by atoms with Gasteiger partial charge in [-0.05, 0) is 49.4 Å². The first kappa shape index (κ1) is 13.0. The van der Waals surface area contributed by atoms with E-state index in [1.165, 1.54) is 6.42 Å². The van der Waals surface area contributed by atoms with Gasteiger partial charge in [0.25, 0.3) is 5.89 Å². The van der Waals surface area contributed by atoms with Gasteiger partial charge >= 0.3 is 0 Å². The van der Waals surface area contributed by atoms with E-state index < -0.39 is 0 Å². The number of nitrogens with zero attached hydrogens (tertiary/aromatic N) is 2. The molecule has 20 heavy (non-hydrogen) atoms. The van der Waals surface area contributed by atoms with Crippen LogP contribution in [0.4, 0.5) is 5.69 Å². The summed E-state index contributed by atoms with van der Waals surface area (Å²) in [4.78, 5) is 4.43. The van der Waals surface area contributed by atoms with E-state index in [0.29, 0.717) is 24.1 Å². The molecule has 1 aromatic carbocycles. The van der Waals surface area contributed by atoms with E-state index in [0.717, 1.165) is 30.3 Å². The van der Waals surface area contributed by atoms with Crippen molar-refractivity contribution in [3.05, 3.63) is 36.0 Å². The Labute approximate surface area is 118 Å². The number of nitrogens with two attached hydrogens (primary N) is 1. The Morgan fingerprint density at radius 3 is 2.80 bits per heavy atom. The summed E-state index contributed by atoms with van der Waals surface area (Å²) < 4.78 is 10.8. The number of aromatic nitrogens is 2. The Morgan fingerprint density at radius 2 is 2.10 bits per heavy atom. The lowest BCUT2D eigenvalue weighted by Crippen LogP contribution is -1.99. The van der Waals surface area contributed by atoms with Crippen LogP contribution in [0.3, 0.4) is 0 Å². The highest BCUT2D eigenvalue weighted by molar-refractivity contribution is 5.41. The number of hydrogen-bond acceptors (Lipinski definition) is 5. The lowest BCUT2D eigenvalue weighted by atomic mass is 10.1. The topological polar surface area (TPSA) is 74.2 Å². The summed E-state index contributed by atoms with van der Waals surface area (Å²) >= 11 is 0. The van der Waals surface area contributed by atoms with Gasteiger partial charge in [0.05, 0.1) is 0 Å². The van der Waals surface area contributed by atoms with E-state index in [2.05, 4.69) is 17.1 Å². The van der Waals surface area contributed by atoms with Gasteiger partial charge in [0.15, 0.2) is 12.4 Å². The van der Waals surface area contributed by atoms with Crippen LogP contribution in [-0.2, 0) is 6.61 Å². The van der Waals surface area contributed by atoms with Gasteiger partial charge in [-0.15, -0.1) is 0 Å². The average Bonchev–Trinajstić information content (AvgIpc) is 3.07. The number of benzene rings is 1. The fourth-order valence-corrected chi connectivity index (χ4v) is 2.64. The molecule has 1 aromatic heterocycles. The van der Waals surface area contributed by atoms with E-state index in [9.17, 15) is 0 Å². The summed E-state index contributed by atoms with van der Waals surface area (Å²) in [5.41, 5.74) is 6.34. The lowest BCUT2D eigenvalue weighted by molar-refractivity contribution is 0.242. The first-order chi connectivity index (χ1) is 9.70. The molecule has 0 spiro atoms. The third-order valence-corrected chi connectivity index (χ3v) is 3.79. The van der Waals surface area contributed by atoms with Crippen LogP contribution in [-0.4, -0.2) is 10.1 Å². The molecule has 0 radical (unpaired) electrons. The summed E-state index contributed by atoms with van der Waals surface area (Å²) in [6.45, 7) is 2.56. The first-order valence-corrected chi connectivity index (χ1v) is 7.01. The highest BCUT2D eigenvalue weighted by atomic mass is 16.5. The molecule has 2 unspecified atom stereocenters. The number of rotatable bonds is 4. The molecule has 0 amide bonds. The van der Waals surface area contributed by atoms with E-state index in [1.807, 2.05) is 12.1 Å². The van der Waals surface area contributed by atoms with Crippen molar-refractivity contribution in [2.45, 2.75) is 38.7 Å². The predicted octanol–water partition coefficient (Wildman–Crippen LogP) is 3.13. The highest BCUT2D eigenvalue weighted by Crippen LogP contribution is 2.36. The molecule has 106 valence electrons. The molecule has 5 nitrogen and oxygen atoms in total. The number of nitrogen functional groups attached to an aromatic ring is 1. The van der Waals surface area contributed by atoms with Crippen molar-refractivity contribution in [1.82, 2.24) is 10.1 Å². The Hall–Kier alpha value is -2.04. The van der Waals surface area contributed by atoms with E-state index in [4.69, 9.17) is 15.0 Å². The molecule has 2 aromatic rings. The second-order valence-electron chi connectivity index (χ2n) is 5.52. The van der Waals surface area contributed by atoms with Crippen molar-refractivity contribution in [2.75, 3.05) is 5.73 Å². The molecule has 3 rings (SSSR count). The Kier molecular flexibility index (Phi) is 3.58. The molecule has 5 heteroatoms. The Balaban J connectivity index is 1.58. The zero-order chi connectivity index (χ0) is 13.9.